The number of hydrogen-bond acceptors (Lipinski definition) is 4. The lowest BCUT2D eigenvalue weighted by Crippen LogP contribution is -1.98. The summed E-state index contributed by atoms with van der Waals surface area (Å²) < 4.78 is 1.03. The molecular formula is C12H11NO2S2. The Morgan fingerprint density at radius 2 is 2.35 bits per heavy atom. The normalized spacial score (nSPS) is 10.4. The number of thioether (sulfide) groups is 1. The second-order valence-corrected chi connectivity index (χ2v) is 5.65. The van der Waals surface area contributed by atoms with Crippen molar-refractivity contribution in [1.82, 2.24) is 4.98 Å². The van der Waals surface area contributed by atoms with Crippen molar-refractivity contribution in [3.63, 3.8) is 0 Å². The molecule has 0 amide bonds. The minimum absolute atomic E-state index is 0.338. The molecule has 0 aliphatic heterocycles. The molecule has 88 valence electrons. The number of aryl methyl sites for hydroxylation is 1. The Balaban J connectivity index is 2.09. The molecule has 1 aromatic carbocycles. The quantitative estimate of drug-likeness (QED) is 0.860. The van der Waals surface area contributed by atoms with Crippen LogP contribution < -0.4 is 0 Å². The number of aromatic nitrogens is 1. The van der Waals surface area contributed by atoms with Crippen molar-refractivity contribution in [3.8, 4) is 0 Å². The predicted molar refractivity (Wildman–Crippen MR) is 69.8 cm³/mol. The van der Waals surface area contributed by atoms with Gasteiger partial charge in [0.2, 0.25) is 0 Å². The maximum atomic E-state index is 10.8. The number of aromatic carboxylic acids is 1. The van der Waals surface area contributed by atoms with Gasteiger partial charge in [0.25, 0.3) is 0 Å². The van der Waals surface area contributed by atoms with E-state index in [1.54, 1.807) is 41.4 Å². The number of nitrogens with zero attached hydrogens (tertiary/aromatic N) is 1. The van der Waals surface area contributed by atoms with Crippen molar-refractivity contribution in [3.05, 3.63) is 46.5 Å². The van der Waals surface area contributed by atoms with Gasteiger partial charge in [-0.3, -0.25) is 0 Å². The number of carbonyl (C=O) groups is 1. The highest BCUT2D eigenvalue weighted by atomic mass is 32.2. The van der Waals surface area contributed by atoms with Crippen LogP contribution in [0.4, 0.5) is 0 Å². The number of carboxylic acid groups (broad SMARTS) is 1. The molecular weight excluding hydrogens is 254 g/mol. The van der Waals surface area contributed by atoms with Crippen LogP contribution in [0.1, 0.15) is 21.5 Å². The van der Waals surface area contributed by atoms with E-state index in [1.165, 1.54) is 0 Å². The Bertz CT molecular complexity index is 523. The predicted octanol–water partition coefficient (Wildman–Crippen LogP) is 3.44. The first kappa shape index (κ1) is 12.1. The third kappa shape index (κ3) is 3.08. The van der Waals surface area contributed by atoms with Crippen molar-refractivity contribution < 1.29 is 9.90 Å². The topological polar surface area (TPSA) is 50.2 Å². The summed E-state index contributed by atoms with van der Waals surface area (Å²) >= 11 is 3.28. The lowest BCUT2D eigenvalue weighted by atomic mass is 10.1. The summed E-state index contributed by atoms with van der Waals surface area (Å²) in [6.45, 7) is 1.93. The summed E-state index contributed by atoms with van der Waals surface area (Å²) in [7, 11) is 0. The molecule has 0 saturated heterocycles. The van der Waals surface area contributed by atoms with Crippen molar-refractivity contribution in [2.45, 2.75) is 17.0 Å². The van der Waals surface area contributed by atoms with Gasteiger partial charge < -0.3 is 5.11 Å². The summed E-state index contributed by atoms with van der Waals surface area (Å²) in [4.78, 5) is 15.0. The molecule has 0 atom stereocenters. The van der Waals surface area contributed by atoms with Crippen molar-refractivity contribution in [2.24, 2.45) is 0 Å². The van der Waals surface area contributed by atoms with Gasteiger partial charge in [-0.1, -0.05) is 17.8 Å². The Kier molecular flexibility index (Phi) is 3.81. The van der Waals surface area contributed by atoms with E-state index in [2.05, 4.69) is 4.98 Å². The number of thiazole rings is 1. The molecule has 0 unspecified atom stereocenters. The average molecular weight is 265 g/mol. The number of carboxylic acids is 1. The molecule has 0 aliphatic carbocycles. The molecule has 17 heavy (non-hydrogen) atoms. The Morgan fingerprint density at radius 1 is 1.53 bits per heavy atom. The largest absolute Gasteiger partial charge is 0.478 e. The van der Waals surface area contributed by atoms with Gasteiger partial charge in [0.05, 0.1) is 5.56 Å². The van der Waals surface area contributed by atoms with Gasteiger partial charge in [-0.2, -0.15) is 0 Å². The maximum absolute atomic E-state index is 10.8. The Morgan fingerprint density at radius 3 is 2.94 bits per heavy atom. The van der Waals surface area contributed by atoms with E-state index in [4.69, 9.17) is 5.11 Å². The summed E-state index contributed by atoms with van der Waals surface area (Å²) in [5.41, 5.74) is 2.50. The second kappa shape index (κ2) is 5.33. The van der Waals surface area contributed by atoms with E-state index < -0.39 is 5.97 Å². The van der Waals surface area contributed by atoms with Gasteiger partial charge in [0, 0.05) is 17.3 Å². The van der Waals surface area contributed by atoms with Crippen molar-refractivity contribution in [1.29, 1.82) is 0 Å². The van der Waals surface area contributed by atoms with Crippen LogP contribution in [0, 0.1) is 6.92 Å². The van der Waals surface area contributed by atoms with E-state index in [0.717, 1.165) is 21.2 Å². The third-order valence-corrected chi connectivity index (χ3v) is 4.37. The van der Waals surface area contributed by atoms with Gasteiger partial charge in [-0.25, -0.2) is 9.78 Å². The Labute approximate surface area is 108 Å². The fourth-order valence-corrected chi connectivity index (χ4v) is 3.13. The van der Waals surface area contributed by atoms with Gasteiger partial charge in [-0.05, 0) is 30.2 Å². The van der Waals surface area contributed by atoms with E-state index >= 15 is 0 Å². The standard InChI is InChI=1S/C12H11NO2S2/c1-8-6-9(11(14)15)2-3-10(8)7-17-12-13-4-5-16-12/h2-6H,7H2,1H3,(H,14,15). The molecule has 1 N–H and O–H groups in total. The highest BCUT2D eigenvalue weighted by molar-refractivity contribution is 8.00. The van der Waals surface area contributed by atoms with Crippen LogP contribution in [0.5, 0.6) is 0 Å². The molecule has 0 saturated carbocycles. The first-order valence-electron chi connectivity index (χ1n) is 5.02. The molecule has 1 aromatic heterocycles. The minimum atomic E-state index is -0.882. The van der Waals surface area contributed by atoms with Crippen LogP contribution in [0.3, 0.4) is 0 Å². The van der Waals surface area contributed by atoms with Crippen LogP contribution in [0.2, 0.25) is 0 Å². The van der Waals surface area contributed by atoms with E-state index in [1.807, 2.05) is 18.4 Å². The zero-order valence-electron chi connectivity index (χ0n) is 9.21. The first-order valence-corrected chi connectivity index (χ1v) is 6.88. The van der Waals surface area contributed by atoms with E-state index in [0.29, 0.717) is 5.56 Å². The third-order valence-electron chi connectivity index (χ3n) is 2.35. The van der Waals surface area contributed by atoms with E-state index in [-0.39, 0.29) is 0 Å². The molecule has 0 aliphatic rings. The number of benzene rings is 1. The van der Waals surface area contributed by atoms with Gasteiger partial charge in [-0.15, -0.1) is 11.3 Å². The van der Waals surface area contributed by atoms with Gasteiger partial charge in [0.15, 0.2) is 0 Å². The SMILES string of the molecule is Cc1cc(C(=O)O)ccc1CSc1nccs1. The molecule has 0 fully saturated rings. The summed E-state index contributed by atoms with van der Waals surface area (Å²) in [6, 6.07) is 5.23. The highest BCUT2D eigenvalue weighted by Gasteiger charge is 2.06. The molecule has 2 rings (SSSR count). The smallest absolute Gasteiger partial charge is 0.335 e. The molecule has 0 radical (unpaired) electrons. The first-order chi connectivity index (χ1) is 8.16. The molecule has 5 heteroatoms. The van der Waals surface area contributed by atoms with Crippen LogP contribution in [-0.4, -0.2) is 16.1 Å². The summed E-state index contributed by atoms with van der Waals surface area (Å²) in [6.07, 6.45) is 1.79. The molecule has 3 nitrogen and oxygen atoms in total. The molecule has 1 heterocycles. The zero-order chi connectivity index (χ0) is 12.3. The molecule has 0 bridgehead atoms. The lowest BCUT2D eigenvalue weighted by Gasteiger charge is -2.05. The van der Waals surface area contributed by atoms with Gasteiger partial charge >= 0.3 is 5.97 Å². The fourth-order valence-electron chi connectivity index (χ4n) is 1.41. The van der Waals surface area contributed by atoms with Gasteiger partial charge in [0.1, 0.15) is 4.34 Å². The van der Waals surface area contributed by atoms with Crippen LogP contribution in [0.25, 0.3) is 0 Å². The zero-order valence-corrected chi connectivity index (χ0v) is 10.8. The minimum Gasteiger partial charge on any atom is -0.478 e. The van der Waals surface area contributed by atoms with Crippen LogP contribution >= 0.6 is 23.1 Å². The summed E-state index contributed by atoms with van der Waals surface area (Å²) in [5, 5.41) is 10.8. The lowest BCUT2D eigenvalue weighted by molar-refractivity contribution is 0.0697. The Hall–Kier alpha value is -1.33. The highest BCUT2D eigenvalue weighted by Crippen LogP contribution is 2.26. The number of hydrogen-bond donors (Lipinski definition) is 1. The monoisotopic (exact) mass is 265 g/mol. The average Bonchev–Trinajstić information content (AvgIpc) is 2.80. The van der Waals surface area contributed by atoms with Crippen molar-refractivity contribution >= 4 is 29.1 Å². The second-order valence-electron chi connectivity index (χ2n) is 3.53. The summed E-state index contributed by atoms with van der Waals surface area (Å²) in [5.74, 6) is -0.0635. The van der Waals surface area contributed by atoms with E-state index in [9.17, 15) is 4.79 Å². The molecule has 2 aromatic rings. The number of rotatable bonds is 4. The molecule has 0 spiro atoms. The van der Waals surface area contributed by atoms with Crippen LogP contribution in [-0.2, 0) is 5.75 Å². The van der Waals surface area contributed by atoms with Crippen molar-refractivity contribution in [2.75, 3.05) is 0 Å². The van der Waals surface area contributed by atoms with Crippen LogP contribution in [0.15, 0.2) is 34.1 Å². The maximum Gasteiger partial charge on any atom is 0.335 e. The fraction of sp³-hybridized carbons (Fsp3) is 0.167.